The smallest absolute Gasteiger partial charge is 0.132 e. The molecule has 0 aromatic rings. The van der Waals surface area contributed by atoms with Gasteiger partial charge in [-0.1, -0.05) is 46.0 Å². The Morgan fingerprint density at radius 2 is 1.92 bits per heavy atom. The third kappa shape index (κ3) is 3.50. The lowest BCUT2D eigenvalue weighted by atomic mass is 9.79. The van der Waals surface area contributed by atoms with Gasteiger partial charge in [0.2, 0.25) is 0 Å². The van der Waals surface area contributed by atoms with Crippen molar-refractivity contribution >= 4 is 5.78 Å². The highest BCUT2D eigenvalue weighted by molar-refractivity contribution is 5.78. The highest BCUT2D eigenvalue weighted by Crippen LogP contribution is 2.31. The molecule has 1 nitrogen and oxygen atoms in total. The lowest BCUT2D eigenvalue weighted by Gasteiger charge is -2.27. The van der Waals surface area contributed by atoms with Crippen LogP contribution in [-0.4, -0.2) is 5.78 Å². The van der Waals surface area contributed by atoms with Gasteiger partial charge in [-0.2, -0.15) is 0 Å². The van der Waals surface area contributed by atoms with Crippen LogP contribution in [0.15, 0.2) is 0 Å². The first kappa shape index (κ1) is 10.7. The molecule has 13 heavy (non-hydrogen) atoms. The quantitative estimate of drug-likeness (QED) is 0.649. The molecule has 0 radical (unpaired) electrons. The van der Waals surface area contributed by atoms with Gasteiger partial charge >= 0.3 is 0 Å². The Morgan fingerprint density at radius 3 is 2.46 bits per heavy atom. The van der Waals surface area contributed by atoms with E-state index in [1.165, 1.54) is 32.1 Å². The maximum Gasteiger partial charge on any atom is 0.132 e. The summed E-state index contributed by atoms with van der Waals surface area (Å²) in [7, 11) is 0. The van der Waals surface area contributed by atoms with Crippen molar-refractivity contribution in [3.05, 3.63) is 0 Å². The van der Waals surface area contributed by atoms with E-state index in [0.717, 1.165) is 18.8 Å². The zero-order valence-corrected chi connectivity index (χ0v) is 9.01. The van der Waals surface area contributed by atoms with E-state index in [1.807, 2.05) is 6.92 Å². The molecule has 1 saturated carbocycles. The van der Waals surface area contributed by atoms with Gasteiger partial charge in [0.15, 0.2) is 0 Å². The molecular formula is C12H22O. The first-order chi connectivity index (χ1) is 6.24. The standard InChI is InChI=1S/C12H22O/c1-3-12(13)9-10(2)11-7-5-4-6-8-11/h10-11H,3-9H2,1-2H3. The molecule has 0 spiro atoms. The SMILES string of the molecule is CCC(=O)CC(C)C1CCCCC1. The van der Waals surface area contributed by atoms with Crippen molar-refractivity contribution in [1.29, 1.82) is 0 Å². The van der Waals surface area contributed by atoms with Crippen LogP contribution in [0.5, 0.6) is 0 Å². The highest BCUT2D eigenvalue weighted by Gasteiger charge is 2.21. The van der Waals surface area contributed by atoms with Crippen LogP contribution < -0.4 is 0 Å². The third-order valence-electron chi connectivity index (χ3n) is 3.40. The molecular weight excluding hydrogens is 160 g/mol. The second-order valence-electron chi connectivity index (χ2n) is 4.47. The van der Waals surface area contributed by atoms with Crippen molar-refractivity contribution in [2.75, 3.05) is 0 Å². The Hall–Kier alpha value is -0.330. The number of hydrogen-bond donors (Lipinski definition) is 0. The summed E-state index contributed by atoms with van der Waals surface area (Å²) in [5.41, 5.74) is 0. The minimum absolute atomic E-state index is 0.443. The van der Waals surface area contributed by atoms with Gasteiger partial charge in [0.1, 0.15) is 5.78 Å². The van der Waals surface area contributed by atoms with Gasteiger partial charge in [0.05, 0.1) is 0 Å². The number of carbonyl (C=O) groups is 1. The van der Waals surface area contributed by atoms with Gasteiger partial charge in [0.25, 0.3) is 0 Å². The Balaban J connectivity index is 2.28. The van der Waals surface area contributed by atoms with Crippen molar-refractivity contribution in [2.45, 2.75) is 58.8 Å². The largest absolute Gasteiger partial charge is 0.300 e. The fourth-order valence-corrected chi connectivity index (χ4v) is 2.37. The fraction of sp³-hybridized carbons (Fsp3) is 0.917. The minimum atomic E-state index is 0.443. The maximum absolute atomic E-state index is 11.3. The Morgan fingerprint density at radius 1 is 1.31 bits per heavy atom. The molecule has 1 heteroatoms. The van der Waals surface area contributed by atoms with Gasteiger partial charge in [-0.15, -0.1) is 0 Å². The second kappa shape index (κ2) is 5.41. The van der Waals surface area contributed by atoms with Crippen molar-refractivity contribution in [1.82, 2.24) is 0 Å². The summed E-state index contributed by atoms with van der Waals surface area (Å²) in [6.07, 6.45) is 8.43. The van der Waals surface area contributed by atoms with Crippen molar-refractivity contribution in [3.8, 4) is 0 Å². The van der Waals surface area contributed by atoms with Crippen LogP contribution in [0.3, 0.4) is 0 Å². The summed E-state index contributed by atoms with van der Waals surface area (Å²) >= 11 is 0. The van der Waals surface area contributed by atoms with Gasteiger partial charge in [0, 0.05) is 12.8 Å². The van der Waals surface area contributed by atoms with E-state index in [0.29, 0.717) is 11.7 Å². The molecule has 1 aliphatic carbocycles. The molecule has 0 bridgehead atoms. The summed E-state index contributed by atoms with van der Waals surface area (Å²) in [4.78, 5) is 11.3. The summed E-state index contributed by atoms with van der Waals surface area (Å²) < 4.78 is 0. The van der Waals surface area contributed by atoms with Crippen LogP contribution in [0, 0.1) is 11.8 Å². The number of hydrogen-bond acceptors (Lipinski definition) is 1. The molecule has 0 heterocycles. The molecule has 1 atom stereocenters. The van der Waals surface area contributed by atoms with Gasteiger partial charge in [-0.05, 0) is 11.8 Å². The molecule has 76 valence electrons. The summed E-state index contributed by atoms with van der Waals surface area (Å²) in [6.45, 7) is 4.22. The number of ketones is 1. The lowest BCUT2D eigenvalue weighted by molar-refractivity contribution is -0.120. The van der Waals surface area contributed by atoms with Crippen LogP contribution in [0.1, 0.15) is 58.8 Å². The first-order valence-electron chi connectivity index (χ1n) is 5.75. The summed E-state index contributed by atoms with van der Waals surface area (Å²) in [5, 5.41) is 0. The number of carbonyl (C=O) groups excluding carboxylic acids is 1. The van der Waals surface area contributed by atoms with Crippen LogP contribution in [0.25, 0.3) is 0 Å². The average molecular weight is 182 g/mol. The first-order valence-corrected chi connectivity index (χ1v) is 5.75. The van der Waals surface area contributed by atoms with E-state index in [-0.39, 0.29) is 0 Å². The molecule has 0 aliphatic heterocycles. The zero-order valence-electron chi connectivity index (χ0n) is 9.01. The Labute approximate surface area is 81.9 Å². The van der Waals surface area contributed by atoms with Crippen molar-refractivity contribution in [3.63, 3.8) is 0 Å². The molecule has 0 aromatic heterocycles. The molecule has 1 fully saturated rings. The van der Waals surface area contributed by atoms with E-state index in [1.54, 1.807) is 0 Å². The average Bonchev–Trinajstić information content (AvgIpc) is 2.19. The monoisotopic (exact) mass is 182 g/mol. The summed E-state index contributed by atoms with van der Waals surface area (Å²) in [6, 6.07) is 0. The number of Topliss-reactive ketones (excluding diaryl/α,β-unsaturated/α-hetero) is 1. The molecule has 0 saturated heterocycles. The van der Waals surface area contributed by atoms with E-state index in [9.17, 15) is 4.79 Å². The fourth-order valence-electron chi connectivity index (χ4n) is 2.37. The van der Waals surface area contributed by atoms with Crippen molar-refractivity contribution < 1.29 is 4.79 Å². The predicted octanol–water partition coefficient (Wildman–Crippen LogP) is 3.57. The van der Waals surface area contributed by atoms with E-state index in [2.05, 4.69) is 6.92 Å². The van der Waals surface area contributed by atoms with Gasteiger partial charge in [-0.3, -0.25) is 4.79 Å². The maximum atomic E-state index is 11.3. The highest BCUT2D eigenvalue weighted by atomic mass is 16.1. The van der Waals surface area contributed by atoms with Crippen LogP contribution in [-0.2, 0) is 4.79 Å². The minimum Gasteiger partial charge on any atom is -0.300 e. The Kier molecular flexibility index (Phi) is 4.47. The number of rotatable bonds is 4. The van der Waals surface area contributed by atoms with Crippen LogP contribution in [0.4, 0.5) is 0 Å². The molecule has 1 unspecified atom stereocenters. The molecule has 0 amide bonds. The Bertz CT molecular complexity index is 157. The van der Waals surface area contributed by atoms with Gasteiger partial charge in [-0.25, -0.2) is 0 Å². The zero-order chi connectivity index (χ0) is 9.68. The van der Waals surface area contributed by atoms with Crippen molar-refractivity contribution in [2.24, 2.45) is 11.8 Å². The van der Waals surface area contributed by atoms with Crippen LogP contribution in [0.2, 0.25) is 0 Å². The van der Waals surface area contributed by atoms with E-state index >= 15 is 0 Å². The normalized spacial score (nSPS) is 21.4. The van der Waals surface area contributed by atoms with E-state index < -0.39 is 0 Å². The van der Waals surface area contributed by atoms with Gasteiger partial charge < -0.3 is 0 Å². The topological polar surface area (TPSA) is 17.1 Å². The molecule has 1 aliphatic rings. The van der Waals surface area contributed by atoms with E-state index in [4.69, 9.17) is 0 Å². The predicted molar refractivity (Wildman–Crippen MR) is 55.7 cm³/mol. The third-order valence-corrected chi connectivity index (χ3v) is 3.40. The second-order valence-corrected chi connectivity index (χ2v) is 4.47. The molecule has 0 N–H and O–H groups in total. The lowest BCUT2D eigenvalue weighted by Crippen LogP contribution is -2.18. The molecule has 1 rings (SSSR count). The summed E-state index contributed by atoms with van der Waals surface area (Å²) in [5.74, 6) is 1.91. The van der Waals surface area contributed by atoms with Crippen LogP contribution >= 0.6 is 0 Å². The molecule has 0 aromatic carbocycles.